The first-order chi connectivity index (χ1) is 33.0. The molecule has 0 saturated heterocycles. The Kier molecular flexibility index (Phi) is 10.5. The van der Waals surface area contributed by atoms with Crippen LogP contribution < -0.4 is 36.5 Å². The summed E-state index contributed by atoms with van der Waals surface area (Å²) in [5.41, 5.74) is 8.55. The van der Waals surface area contributed by atoms with Crippen molar-refractivity contribution in [1.29, 1.82) is 5.26 Å². The molecule has 2 heterocycles. The second-order valence-corrected chi connectivity index (χ2v) is 24.5. The molecule has 2 aromatic heterocycles. The molecule has 8 heteroatoms. The van der Waals surface area contributed by atoms with E-state index in [0.717, 1.165) is 89.1 Å². The third-order valence-electron chi connectivity index (χ3n) is 13.3. The predicted octanol–water partition coefficient (Wildman–Crippen LogP) is 10.8. The Bertz CT molecular complexity index is 3490. The number of hydrogen-bond donors (Lipinski definition) is 0. The van der Waals surface area contributed by atoms with Crippen LogP contribution in [0.3, 0.4) is 0 Å². The minimum absolute atomic E-state index is 0.590. The number of methoxy groups -OCH3 is 4. The monoisotopic (exact) mass is 933 g/mol. The summed E-state index contributed by atoms with van der Waals surface area (Å²) in [6.07, 6.45) is 0. The van der Waals surface area contributed by atoms with Crippen molar-refractivity contribution in [2.24, 2.45) is 0 Å². The number of benzene rings is 9. The zero-order valence-corrected chi connectivity index (χ0v) is 39.6. The molecule has 0 radical (unpaired) electrons. The molecule has 0 N–H and O–H groups in total. The van der Waals surface area contributed by atoms with Crippen molar-refractivity contribution in [1.82, 2.24) is 9.13 Å². The fourth-order valence-electron chi connectivity index (χ4n) is 10.3. The maximum atomic E-state index is 10.5. The molecule has 0 bridgehead atoms. The van der Waals surface area contributed by atoms with Gasteiger partial charge in [0.2, 0.25) is 0 Å². The molecule has 0 fully saturated rings. The first-order valence-electron chi connectivity index (χ1n) is 22.2. The standard InChI is InChI=1S/C59H45GeN3O4/c1-64-44-23-27-54-49(32-44)50-33-45(65-2)24-28-55(50)62(54)58-36-48(40-16-14-15-39(31-40)38-61)53(60(41-17-8-5-9-18-41,42-19-10-6-11-20-42)43-21-12-7-13-22-43)37-59(58)63-56-29-25-46(66-3)34-51(56)52-35-47(67-4)26-30-57(52)63/h5-37H,1-4H3. The van der Waals surface area contributed by atoms with E-state index >= 15 is 0 Å². The number of ether oxygens (including phenoxy) is 4. The second-order valence-electron chi connectivity index (χ2n) is 16.6. The van der Waals surface area contributed by atoms with Gasteiger partial charge in [-0.1, -0.05) is 0 Å². The third kappa shape index (κ3) is 6.71. The normalized spacial score (nSPS) is 11.6. The summed E-state index contributed by atoms with van der Waals surface area (Å²) in [5, 5.41) is 14.6. The van der Waals surface area contributed by atoms with Crippen molar-refractivity contribution in [2.45, 2.75) is 0 Å². The molecule has 11 aromatic rings. The van der Waals surface area contributed by atoms with Gasteiger partial charge in [-0.3, -0.25) is 0 Å². The van der Waals surface area contributed by atoms with E-state index in [1.54, 1.807) is 28.4 Å². The molecule has 0 unspecified atom stereocenters. The van der Waals surface area contributed by atoms with E-state index in [1.807, 2.05) is 42.5 Å². The van der Waals surface area contributed by atoms with Gasteiger partial charge in [-0.15, -0.1) is 0 Å². The van der Waals surface area contributed by atoms with Gasteiger partial charge in [-0.25, -0.2) is 0 Å². The van der Waals surface area contributed by atoms with Gasteiger partial charge < -0.3 is 0 Å². The van der Waals surface area contributed by atoms with Crippen molar-refractivity contribution in [2.75, 3.05) is 28.4 Å². The van der Waals surface area contributed by atoms with E-state index in [2.05, 4.69) is 173 Å². The van der Waals surface area contributed by atoms with Crippen LogP contribution in [0.1, 0.15) is 5.56 Å². The number of aromatic nitrogens is 2. The molecule has 67 heavy (non-hydrogen) atoms. The quantitative estimate of drug-likeness (QED) is 0.121. The molecule has 0 amide bonds. The molecular formula is C59H45GeN3O4. The van der Waals surface area contributed by atoms with E-state index in [1.165, 1.54) is 17.6 Å². The molecule has 324 valence electrons. The van der Waals surface area contributed by atoms with Crippen molar-refractivity contribution in [3.63, 3.8) is 0 Å². The van der Waals surface area contributed by atoms with Gasteiger partial charge in [0.05, 0.1) is 0 Å². The van der Waals surface area contributed by atoms with Crippen LogP contribution in [0.15, 0.2) is 200 Å². The summed E-state index contributed by atoms with van der Waals surface area (Å²) in [4.78, 5) is 0. The van der Waals surface area contributed by atoms with Crippen molar-refractivity contribution < 1.29 is 18.9 Å². The number of rotatable bonds is 11. The first-order valence-corrected chi connectivity index (χ1v) is 26.4. The van der Waals surface area contributed by atoms with Crippen LogP contribution in [0.2, 0.25) is 0 Å². The van der Waals surface area contributed by atoms with Gasteiger partial charge in [-0.05, 0) is 0 Å². The zero-order chi connectivity index (χ0) is 45.6. The number of nitrogens with zero attached hydrogens (tertiary/aromatic N) is 3. The Morgan fingerprint density at radius 3 is 1.12 bits per heavy atom. The van der Waals surface area contributed by atoms with E-state index < -0.39 is 13.3 Å². The van der Waals surface area contributed by atoms with Crippen LogP contribution in [-0.2, 0) is 0 Å². The Morgan fingerprint density at radius 2 is 0.761 bits per heavy atom. The molecule has 0 aliphatic heterocycles. The molecular weight excluding hydrogens is 887 g/mol. The molecule has 0 aliphatic rings. The topological polar surface area (TPSA) is 70.6 Å². The molecule has 0 saturated carbocycles. The van der Waals surface area contributed by atoms with E-state index in [-0.39, 0.29) is 0 Å². The molecule has 9 aromatic carbocycles. The van der Waals surface area contributed by atoms with Crippen LogP contribution in [0.4, 0.5) is 0 Å². The molecule has 0 spiro atoms. The van der Waals surface area contributed by atoms with Crippen molar-refractivity contribution in [3.8, 4) is 51.6 Å². The number of hydrogen-bond acceptors (Lipinski definition) is 5. The van der Waals surface area contributed by atoms with E-state index in [4.69, 9.17) is 18.9 Å². The minimum atomic E-state index is -4.12. The van der Waals surface area contributed by atoms with Crippen LogP contribution in [0.25, 0.3) is 66.1 Å². The Labute approximate surface area is 391 Å². The summed E-state index contributed by atoms with van der Waals surface area (Å²) in [6.45, 7) is 0. The maximum absolute atomic E-state index is 10.5. The van der Waals surface area contributed by atoms with Crippen LogP contribution in [-0.4, -0.2) is 50.8 Å². The molecule has 11 rings (SSSR count). The fourth-order valence-corrected chi connectivity index (χ4v) is 20.7. The van der Waals surface area contributed by atoms with Gasteiger partial charge in [0, 0.05) is 0 Å². The average Bonchev–Trinajstić information content (AvgIpc) is 3.90. The van der Waals surface area contributed by atoms with Crippen LogP contribution in [0, 0.1) is 11.3 Å². The van der Waals surface area contributed by atoms with Crippen molar-refractivity contribution in [3.05, 3.63) is 206 Å². The zero-order valence-electron chi connectivity index (χ0n) is 37.5. The third-order valence-corrected chi connectivity index (χ3v) is 23.4. The predicted molar refractivity (Wildman–Crippen MR) is 275 cm³/mol. The Morgan fingerprint density at radius 1 is 0.388 bits per heavy atom. The van der Waals surface area contributed by atoms with Gasteiger partial charge in [0.25, 0.3) is 0 Å². The van der Waals surface area contributed by atoms with Gasteiger partial charge in [0.1, 0.15) is 0 Å². The second kappa shape index (κ2) is 17.0. The molecule has 0 aliphatic carbocycles. The van der Waals surface area contributed by atoms with Gasteiger partial charge in [-0.2, -0.15) is 0 Å². The van der Waals surface area contributed by atoms with Gasteiger partial charge in [0.15, 0.2) is 0 Å². The number of fused-ring (bicyclic) bond motifs is 6. The SMILES string of the molecule is COc1ccc2c(c1)c1cc(OC)ccc1n2-c1cc(-c2cccc(C#N)c2)[c]([Ge]([c]2ccccc2)([c]2ccccc2)[c]2ccccc2)cc1-n1c2ccc(OC)cc2c2cc(OC)ccc21. The Hall–Kier alpha value is -8.19. The van der Waals surface area contributed by atoms with E-state index in [0.29, 0.717) is 5.56 Å². The molecule has 0 atom stereocenters. The summed E-state index contributed by atoms with van der Waals surface area (Å²) in [6, 6.07) is 73.8. The van der Waals surface area contributed by atoms with E-state index in [9.17, 15) is 5.26 Å². The van der Waals surface area contributed by atoms with Gasteiger partial charge >= 0.3 is 394 Å². The van der Waals surface area contributed by atoms with Crippen molar-refractivity contribution >= 4 is 74.5 Å². The summed E-state index contributed by atoms with van der Waals surface area (Å²) in [5.74, 6) is 3.05. The summed E-state index contributed by atoms with van der Waals surface area (Å²) >= 11 is -4.12. The summed E-state index contributed by atoms with van der Waals surface area (Å²) in [7, 11) is 6.82. The first kappa shape index (κ1) is 41.5. The number of nitriles is 1. The fraction of sp³-hybridized carbons (Fsp3) is 0.0678. The van der Waals surface area contributed by atoms with Crippen LogP contribution in [0.5, 0.6) is 23.0 Å². The summed E-state index contributed by atoms with van der Waals surface area (Å²) < 4.78 is 33.3. The molecule has 7 nitrogen and oxygen atoms in total. The average molecular weight is 933 g/mol. The van der Waals surface area contributed by atoms with Crippen LogP contribution >= 0.6 is 0 Å². The Balaban J connectivity index is 1.41.